The third kappa shape index (κ3) is 10.0. The van der Waals surface area contributed by atoms with Crippen molar-refractivity contribution in [3.63, 3.8) is 0 Å². The highest BCUT2D eigenvalue weighted by atomic mass is 32.2. The quantitative estimate of drug-likeness (QED) is 0.0274. The van der Waals surface area contributed by atoms with Crippen molar-refractivity contribution in [2.75, 3.05) is 12.4 Å². The molecule has 0 spiro atoms. The third-order valence-corrected chi connectivity index (χ3v) is 15.8. The SMILES string of the molecule is O=C(OCc1ccccc1)[C@H]1OP(=O)(c2ccc(OCCSc3ccc4ccc5cccc6ccc3c4c56)cc2)[C@@H](OCc2ccccc2)[C@@H](OCc2ccccc2)[C@@H]1OCc1ccccc1. The zero-order valence-electron chi connectivity index (χ0n) is 36.7. The molecule has 1 aliphatic heterocycles. The molecule has 9 aromatic rings. The molecule has 1 saturated heterocycles. The van der Waals surface area contributed by atoms with E-state index in [-0.39, 0.29) is 26.4 Å². The second-order valence-corrected chi connectivity index (χ2v) is 20.1. The Hall–Kier alpha value is -6.29. The van der Waals surface area contributed by atoms with Crippen LogP contribution in [-0.2, 0) is 59.3 Å². The molecule has 67 heavy (non-hydrogen) atoms. The van der Waals surface area contributed by atoms with E-state index in [4.69, 9.17) is 28.2 Å². The summed E-state index contributed by atoms with van der Waals surface area (Å²) in [4.78, 5) is 15.6. The molecular formula is C57H49O8PS. The molecule has 0 amide bonds. The van der Waals surface area contributed by atoms with Crippen molar-refractivity contribution in [1.82, 2.24) is 0 Å². The van der Waals surface area contributed by atoms with Gasteiger partial charge in [0.2, 0.25) is 0 Å². The van der Waals surface area contributed by atoms with Crippen LogP contribution < -0.4 is 10.0 Å². The van der Waals surface area contributed by atoms with E-state index in [2.05, 4.69) is 54.6 Å². The van der Waals surface area contributed by atoms with E-state index in [0.29, 0.717) is 23.4 Å². The monoisotopic (exact) mass is 924 g/mol. The molecule has 0 saturated carbocycles. The molecule has 336 valence electrons. The summed E-state index contributed by atoms with van der Waals surface area (Å²) in [5, 5.41) is 7.87. The summed E-state index contributed by atoms with van der Waals surface area (Å²) in [5.41, 5.74) is 3.42. The normalized spacial score (nSPS) is 19.5. The first-order chi connectivity index (χ1) is 33.0. The van der Waals surface area contributed by atoms with Crippen LogP contribution in [0.15, 0.2) is 205 Å². The number of ether oxygens (including phenoxy) is 5. The van der Waals surface area contributed by atoms with Crippen molar-refractivity contribution >= 4 is 62.7 Å². The minimum atomic E-state index is -4.16. The predicted octanol–water partition coefficient (Wildman–Crippen LogP) is 12.5. The molecule has 1 aliphatic rings. The lowest BCUT2D eigenvalue weighted by atomic mass is 9.94. The molecule has 0 radical (unpaired) electrons. The smallest absolute Gasteiger partial charge is 0.338 e. The molecule has 0 aromatic heterocycles. The predicted molar refractivity (Wildman–Crippen MR) is 266 cm³/mol. The fourth-order valence-corrected chi connectivity index (χ4v) is 12.2. The minimum Gasteiger partial charge on any atom is -0.493 e. The summed E-state index contributed by atoms with van der Waals surface area (Å²) in [6.45, 7) is 0.782. The van der Waals surface area contributed by atoms with E-state index in [1.54, 1.807) is 36.0 Å². The number of hydrogen-bond acceptors (Lipinski definition) is 9. The number of benzene rings is 9. The molecule has 1 heterocycles. The first kappa shape index (κ1) is 44.5. The van der Waals surface area contributed by atoms with Gasteiger partial charge in [0.1, 0.15) is 24.6 Å². The Balaban J connectivity index is 0.935. The van der Waals surface area contributed by atoms with Gasteiger partial charge in [-0.3, -0.25) is 4.57 Å². The molecule has 10 heteroatoms. The molecule has 8 nitrogen and oxygen atoms in total. The van der Waals surface area contributed by atoms with Crippen LogP contribution in [0.2, 0.25) is 0 Å². The van der Waals surface area contributed by atoms with Gasteiger partial charge in [-0.25, -0.2) is 4.79 Å². The maximum atomic E-state index is 16.0. The molecule has 9 aromatic carbocycles. The van der Waals surface area contributed by atoms with Gasteiger partial charge >= 0.3 is 5.97 Å². The van der Waals surface area contributed by atoms with Crippen LogP contribution in [0.4, 0.5) is 0 Å². The highest BCUT2D eigenvalue weighted by Crippen LogP contribution is 2.59. The van der Waals surface area contributed by atoms with E-state index in [1.807, 2.05) is 121 Å². The summed E-state index contributed by atoms with van der Waals surface area (Å²) in [6, 6.07) is 65.1. The van der Waals surface area contributed by atoms with Crippen molar-refractivity contribution in [3.05, 3.63) is 222 Å². The molecule has 1 unspecified atom stereocenters. The van der Waals surface area contributed by atoms with Gasteiger partial charge in [0.15, 0.2) is 11.9 Å². The molecule has 5 atom stereocenters. The average Bonchev–Trinajstić information content (AvgIpc) is 3.38. The van der Waals surface area contributed by atoms with Crippen molar-refractivity contribution in [1.29, 1.82) is 0 Å². The lowest BCUT2D eigenvalue weighted by molar-refractivity contribution is -0.194. The Kier molecular flexibility index (Phi) is 13.8. The lowest BCUT2D eigenvalue weighted by Gasteiger charge is -2.45. The van der Waals surface area contributed by atoms with Crippen LogP contribution in [0, 0.1) is 0 Å². The van der Waals surface area contributed by atoms with Crippen LogP contribution in [0.1, 0.15) is 22.3 Å². The first-order valence-corrected chi connectivity index (χ1v) is 25.2. The average molecular weight is 925 g/mol. The second kappa shape index (κ2) is 20.7. The van der Waals surface area contributed by atoms with Gasteiger partial charge in [0.25, 0.3) is 7.37 Å². The maximum absolute atomic E-state index is 16.0. The summed E-state index contributed by atoms with van der Waals surface area (Å²) >= 11 is 1.76. The standard InChI is InChI=1S/C57H49O8PS/c58-56(63-38-42-18-9-3-10-19-42)54-53(61-36-40-14-5-1-6-15-40)55(62-37-41-16-7-2-8-17-41)57(64-39-43-20-11-4-12-21-43)66(59,65-54)48-30-28-47(29-31-48)60-34-35-67-50-33-27-46-25-24-44-22-13-23-45-26-32-49(50)52(46)51(44)45/h1-33,53-55,57H,34-39H2/t53-,54+,55+,57-,66?/m1/s1. The van der Waals surface area contributed by atoms with Gasteiger partial charge in [-0.2, -0.15) is 0 Å². The van der Waals surface area contributed by atoms with Crippen LogP contribution in [-0.4, -0.2) is 42.5 Å². The fraction of sp³-hybridized carbons (Fsp3) is 0.175. The van der Waals surface area contributed by atoms with Crippen molar-refractivity contribution in [2.24, 2.45) is 0 Å². The Bertz CT molecular complexity index is 3070. The zero-order valence-corrected chi connectivity index (χ0v) is 38.4. The zero-order chi connectivity index (χ0) is 45.4. The summed E-state index contributed by atoms with van der Waals surface area (Å²) in [5.74, 6) is -0.604. The molecule has 10 rings (SSSR count). The van der Waals surface area contributed by atoms with Gasteiger partial charge in [-0.15, -0.1) is 11.8 Å². The topological polar surface area (TPSA) is 89.5 Å². The second-order valence-electron chi connectivity index (χ2n) is 16.5. The highest BCUT2D eigenvalue weighted by molar-refractivity contribution is 7.99. The summed E-state index contributed by atoms with van der Waals surface area (Å²) in [7, 11) is -4.16. The number of thioether (sulfide) groups is 1. The van der Waals surface area contributed by atoms with Crippen LogP contribution >= 0.6 is 19.1 Å². The minimum absolute atomic E-state index is 0.0141. The van der Waals surface area contributed by atoms with E-state index >= 15 is 4.57 Å². The lowest BCUT2D eigenvalue weighted by Crippen LogP contribution is -2.57. The molecule has 0 aliphatic carbocycles. The van der Waals surface area contributed by atoms with E-state index in [9.17, 15) is 4.79 Å². The van der Waals surface area contributed by atoms with Gasteiger partial charge in [-0.1, -0.05) is 170 Å². The number of carbonyl (C=O) groups is 1. The molecule has 0 N–H and O–H groups in total. The number of hydrogen-bond donors (Lipinski definition) is 0. The van der Waals surface area contributed by atoms with E-state index in [1.165, 1.54) is 37.2 Å². The third-order valence-electron chi connectivity index (χ3n) is 12.1. The Labute approximate surface area is 394 Å². The van der Waals surface area contributed by atoms with Gasteiger partial charge in [0.05, 0.1) is 26.4 Å². The van der Waals surface area contributed by atoms with Gasteiger partial charge in [-0.05, 0) is 84.9 Å². The number of rotatable bonds is 18. The van der Waals surface area contributed by atoms with Crippen molar-refractivity contribution < 1.29 is 37.6 Å². The van der Waals surface area contributed by atoms with Crippen LogP contribution in [0.3, 0.4) is 0 Å². The van der Waals surface area contributed by atoms with Crippen LogP contribution in [0.25, 0.3) is 32.3 Å². The first-order valence-electron chi connectivity index (χ1n) is 22.5. The fourth-order valence-electron chi connectivity index (χ4n) is 8.75. The maximum Gasteiger partial charge on any atom is 0.338 e. The highest BCUT2D eigenvalue weighted by Gasteiger charge is 2.58. The van der Waals surface area contributed by atoms with Crippen molar-refractivity contribution in [3.8, 4) is 5.75 Å². The van der Waals surface area contributed by atoms with E-state index < -0.39 is 37.5 Å². The van der Waals surface area contributed by atoms with Gasteiger partial charge in [0, 0.05) is 16.0 Å². The largest absolute Gasteiger partial charge is 0.493 e. The van der Waals surface area contributed by atoms with Crippen molar-refractivity contribution in [2.45, 2.75) is 55.5 Å². The number of carbonyl (C=O) groups excluding carboxylic acids is 1. The molecule has 0 bridgehead atoms. The number of esters is 1. The summed E-state index contributed by atoms with van der Waals surface area (Å²) in [6.07, 6.45) is -3.57. The Morgan fingerprint density at radius 1 is 0.507 bits per heavy atom. The van der Waals surface area contributed by atoms with Gasteiger partial charge < -0.3 is 28.2 Å². The molecular weight excluding hydrogens is 876 g/mol. The Morgan fingerprint density at radius 3 is 1.61 bits per heavy atom. The molecule has 1 fully saturated rings. The van der Waals surface area contributed by atoms with E-state index in [0.717, 1.165) is 22.3 Å². The summed E-state index contributed by atoms with van der Waals surface area (Å²) < 4.78 is 55.1. The van der Waals surface area contributed by atoms with Crippen LogP contribution in [0.5, 0.6) is 5.75 Å². The Morgan fingerprint density at radius 2 is 1.01 bits per heavy atom.